The number of hydrogen-bond donors (Lipinski definition) is 1. The zero-order valence-corrected chi connectivity index (χ0v) is 19.3. The van der Waals surface area contributed by atoms with E-state index in [1.807, 2.05) is 12.1 Å². The van der Waals surface area contributed by atoms with E-state index in [-0.39, 0.29) is 24.0 Å². The SMILES string of the molecule is CCOCC1CCN(C(=NCCN2CCOCC2)NCCc2ccco2)C1.I. The molecule has 3 rings (SSSR count). The quantitative estimate of drug-likeness (QED) is 0.315. The second-order valence-corrected chi connectivity index (χ2v) is 7.18. The topological polar surface area (TPSA) is 62.5 Å². The molecule has 28 heavy (non-hydrogen) atoms. The lowest BCUT2D eigenvalue weighted by Gasteiger charge is -2.26. The van der Waals surface area contributed by atoms with E-state index in [9.17, 15) is 0 Å². The summed E-state index contributed by atoms with van der Waals surface area (Å²) in [6.45, 7) is 12.1. The molecular formula is C20H35IN4O3. The van der Waals surface area contributed by atoms with E-state index >= 15 is 0 Å². The van der Waals surface area contributed by atoms with Crippen LogP contribution in [0.15, 0.2) is 27.8 Å². The van der Waals surface area contributed by atoms with Crippen LogP contribution in [-0.4, -0.2) is 88.0 Å². The summed E-state index contributed by atoms with van der Waals surface area (Å²) >= 11 is 0. The van der Waals surface area contributed by atoms with Crippen LogP contribution in [0.1, 0.15) is 19.1 Å². The van der Waals surface area contributed by atoms with Crippen LogP contribution in [0.4, 0.5) is 0 Å². The summed E-state index contributed by atoms with van der Waals surface area (Å²) in [6.07, 6.45) is 3.76. The summed E-state index contributed by atoms with van der Waals surface area (Å²) < 4.78 is 16.5. The van der Waals surface area contributed by atoms with E-state index in [0.29, 0.717) is 5.92 Å². The maximum absolute atomic E-state index is 5.62. The normalized spacial score (nSPS) is 21.0. The van der Waals surface area contributed by atoms with Gasteiger partial charge in [-0.05, 0) is 25.5 Å². The van der Waals surface area contributed by atoms with Crippen molar-refractivity contribution in [3.63, 3.8) is 0 Å². The van der Waals surface area contributed by atoms with Crippen molar-refractivity contribution in [1.29, 1.82) is 0 Å². The monoisotopic (exact) mass is 506 g/mol. The van der Waals surface area contributed by atoms with Gasteiger partial charge >= 0.3 is 0 Å². The van der Waals surface area contributed by atoms with Gasteiger partial charge in [-0.3, -0.25) is 9.89 Å². The van der Waals surface area contributed by atoms with Gasteiger partial charge < -0.3 is 24.1 Å². The van der Waals surface area contributed by atoms with Gasteiger partial charge in [-0.2, -0.15) is 0 Å². The molecule has 160 valence electrons. The van der Waals surface area contributed by atoms with Gasteiger partial charge in [0.1, 0.15) is 5.76 Å². The maximum Gasteiger partial charge on any atom is 0.193 e. The number of nitrogens with zero attached hydrogens (tertiary/aromatic N) is 3. The Balaban J connectivity index is 0.00000280. The second-order valence-electron chi connectivity index (χ2n) is 7.18. The number of guanidine groups is 1. The van der Waals surface area contributed by atoms with E-state index in [4.69, 9.17) is 18.9 Å². The van der Waals surface area contributed by atoms with Crippen LogP contribution in [0.2, 0.25) is 0 Å². The second kappa shape index (κ2) is 13.4. The van der Waals surface area contributed by atoms with Crippen LogP contribution in [0.3, 0.4) is 0 Å². The van der Waals surface area contributed by atoms with E-state index in [2.05, 4.69) is 22.0 Å². The number of rotatable bonds is 9. The minimum atomic E-state index is 0. The summed E-state index contributed by atoms with van der Waals surface area (Å²) in [5, 5.41) is 3.55. The molecule has 2 aliphatic rings. The van der Waals surface area contributed by atoms with Crippen molar-refractivity contribution in [3.05, 3.63) is 24.2 Å². The number of likely N-dealkylation sites (tertiary alicyclic amines) is 1. The summed E-state index contributed by atoms with van der Waals surface area (Å²) in [7, 11) is 0. The van der Waals surface area contributed by atoms with Crippen LogP contribution >= 0.6 is 24.0 Å². The molecule has 0 aromatic carbocycles. The van der Waals surface area contributed by atoms with Gasteiger partial charge in [-0.25, -0.2) is 0 Å². The highest BCUT2D eigenvalue weighted by Crippen LogP contribution is 2.16. The Morgan fingerprint density at radius 1 is 1.32 bits per heavy atom. The molecule has 7 nitrogen and oxygen atoms in total. The van der Waals surface area contributed by atoms with Crippen molar-refractivity contribution in [2.75, 3.05) is 72.2 Å². The Bertz CT molecular complexity index is 550. The summed E-state index contributed by atoms with van der Waals surface area (Å²) in [5.74, 6) is 2.63. The Morgan fingerprint density at radius 2 is 2.18 bits per heavy atom. The predicted octanol–water partition coefficient (Wildman–Crippen LogP) is 2.08. The average Bonchev–Trinajstić information content (AvgIpc) is 3.38. The zero-order valence-electron chi connectivity index (χ0n) is 17.0. The Labute approximate surface area is 185 Å². The third-order valence-electron chi connectivity index (χ3n) is 5.16. The molecule has 2 fully saturated rings. The zero-order chi connectivity index (χ0) is 18.7. The van der Waals surface area contributed by atoms with Crippen molar-refractivity contribution in [2.45, 2.75) is 19.8 Å². The summed E-state index contributed by atoms with van der Waals surface area (Å²) in [6, 6.07) is 3.95. The van der Waals surface area contributed by atoms with E-state index < -0.39 is 0 Å². The molecule has 8 heteroatoms. The number of furan rings is 1. The molecule has 1 atom stereocenters. The third-order valence-corrected chi connectivity index (χ3v) is 5.16. The first-order valence-corrected chi connectivity index (χ1v) is 10.3. The van der Waals surface area contributed by atoms with Gasteiger partial charge in [0.2, 0.25) is 0 Å². The highest BCUT2D eigenvalue weighted by molar-refractivity contribution is 14.0. The first-order valence-electron chi connectivity index (χ1n) is 10.3. The molecule has 0 radical (unpaired) electrons. The molecule has 1 aromatic rings. The van der Waals surface area contributed by atoms with Gasteiger partial charge in [-0.1, -0.05) is 0 Å². The predicted molar refractivity (Wildman–Crippen MR) is 122 cm³/mol. The van der Waals surface area contributed by atoms with Crippen molar-refractivity contribution in [2.24, 2.45) is 10.9 Å². The number of hydrogen-bond acceptors (Lipinski definition) is 5. The first-order chi connectivity index (χ1) is 13.3. The van der Waals surface area contributed by atoms with E-state index in [1.54, 1.807) is 6.26 Å². The van der Waals surface area contributed by atoms with Crippen molar-refractivity contribution < 1.29 is 13.9 Å². The standard InChI is InChI=1S/C20H34N4O3.HI/c1-2-25-17-18-6-9-24(16-18)20(21-7-5-19-4-3-13-27-19)22-8-10-23-11-14-26-15-12-23;/h3-4,13,18H,2,5-12,14-17H2,1H3,(H,21,22);1H. The molecule has 0 spiro atoms. The molecule has 0 amide bonds. The number of morpholine rings is 1. The molecule has 3 heterocycles. The molecule has 1 N–H and O–H groups in total. The van der Waals surface area contributed by atoms with Crippen LogP contribution < -0.4 is 5.32 Å². The number of ether oxygens (including phenoxy) is 2. The summed E-state index contributed by atoms with van der Waals surface area (Å²) in [4.78, 5) is 9.72. The fourth-order valence-electron chi connectivity index (χ4n) is 3.59. The number of halogens is 1. The Kier molecular flexibility index (Phi) is 11.2. The molecular weight excluding hydrogens is 471 g/mol. The van der Waals surface area contributed by atoms with Crippen LogP contribution in [-0.2, 0) is 15.9 Å². The molecule has 0 bridgehead atoms. The molecule has 0 aliphatic carbocycles. The lowest BCUT2D eigenvalue weighted by molar-refractivity contribution is 0.0394. The minimum absolute atomic E-state index is 0. The molecule has 0 saturated carbocycles. The van der Waals surface area contributed by atoms with Crippen LogP contribution in [0.25, 0.3) is 0 Å². The van der Waals surface area contributed by atoms with Crippen LogP contribution in [0.5, 0.6) is 0 Å². The highest BCUT2D eigenvalue weighted by Gasteiger charge is 2.25. The first kappa shape index (κ1) is 23.4. The van der Waals surface area contributed by atoms with Crippen molar-refractivity contribution in [3.8, 4) is 0 Å². The van der Waals surface area contributed by atoms with E-state index in [1.165, 1.54) is 6.42 Å². The van der Waals surface area contributed by atoms with Gasteiger partial charge in [0.25, 0.3) is 0 Å². The van der Waals surface area contributed by atoms with Gasteiger partial charge in [0.15, 0.2) is 5.96 Å². The molecule has 2 aliphatic heterocycles. The lowest BCUT2D eigenvalue weighted by atomic mass is 10.1. The summed E-state index contributed by atoms with van der Waals surface area (Å²) in [5.41, 5.74) is 0. The Morgan fingerprint density at radius 3 is 2.93 bits per heavy atom. The fourth-order valence-corrected chi connectivity index (χ4v) is 3.59. The smallest absolute Gasteiger partial charge is 0.193 e. The van der Waals surface area contributed by atoms with Gasteiger partial charge in [0, 0.05) is 58.2 Å². The van der Waals surface area contributed by atoms with Gasteiger partial charge in [-0.15, -0.1) is 24.0 Å². The van der Waals surface area contributed by atoms with Crippen molar-refractivity contribution >= 4 is 29.9 Å². The Hall–Kier alpha value is -0.840. The van der Waals surface area contributed by atoms with E-state index in [0.717, 1.165) is 90.4 Å². The number of aliphatic imine (C=N–C) groups is 1. The van der Waals surface area contributed by atoms with Crippen molar-refractivity contribution in [1.82, 2.24) is 15.1 Å². The molecule has 1 unspecified atom stereocenters. The largest absolute Gasteiger partial charge is 0.469 e. The minimum Gasteiger partial charge on any atom is -0.469 e. The number of nitrogens with one attached hydrogen (secondary N) is 1. The average molecular weight is 506 g/mol. The molecule has 2 saturated heterocycles. The fraction of sp³-hybridized carbons (Fsp3) is 0.750. The maximum atomic E-state index is 5.62. The third kappa shape index (κ3) is 7.88. The van der Waals surface area contributed by atoms with Gasteiger partial charge in [0.05, 0.1) is 32.6 Å². The van der Waals surface area contributed by atoms with Crippen LogP contribution in [0, 0.1) is 5.92 Å². The molecule has 1 aromatic heterocycles. The highest BCUT2D eigenvalue weighted by atomic mass is 127. The lowest BCUT2D eigenvalue weighted by Crippen LogP contribution is -2.42.